The zero-order chi connectivity index (χ0) is 16.9. The number of hydrogen-bond donors (Lipinski definition) is 1. The Kier molecular flexibility index (Phi) is 4.46. The molecule has 4 rings (SSSR count). The van der Waals surface area contributed by atoms with Gasteiger partial charge in [-0.3, -0.25) is 5.10 Å². The Morgan fingerprint density at radius 1 is 0.800 bits per heavy atom. The fourth-order valence-electron chi connectivity index (χ4n) is 2.91. The Morgan fingerprint density at radius 2 is 1.52 bits per heavy atom. The maximum absolute atomic E-state index is 4.57. The van der Waals surface area contributed by atoms with Crippen molar-refractivity contribution in [3.8, 4) is 11.4 Å². The molecular weight excluding hydrogens is 310 g/mol. The minimum absolute atomic E-state index is 0.753. The van der Waals surface area contributed by atoms with E-state index in [4.69, 9.17) is 0 Å². The molecule has 0 radical (unpaired) electrons. The Morgan fingerprint density at radius 3 is 2.28 bits per heavy atom. The molecule has 0 saturated heterocycles. The number of nitrogens with one attached hydrogen (secondary N) is 1. The molecule has 2 heterocycles. The Bertz CT molecular complexity index is 894. The summed E-state index contributed by atoms with van der Waals surface area (Å²) in [5.41, 5.74) is 4.39. The molecule has 0 bridgehead atoms. The summed E-state index contributed by atoms with van der Waals surface area (Å²) in [7, 11) is 0. The van der Waals surface area contributed by atoms with Crippen LogP contribution in [0.2, 0.25) is 0 Å². The molecule has 5 heteroatoms. The zero-order valence-electron chi connectivity index (χ0n) is 13.9. The van der Waals surface area contributed by atoms with E-state index in [9.17, 15) is 0 Å². The van der Waals surface area contributed by atoms with E-state index < -0.39 is 0 Å². The third-order valence-electron chi connectivity index (χ3n) is 4.23. The third kappa shape index (κ3) is 3.71. The molecule has 1 aliphatic heterocycles. The summed E-state index contributed by atoms with van der Waals surface area (Å²) in [6.45, 7) is 0. The van der Waals surface area contributed by atoms with Gasteiger partial charge in [0.05, 0.1) is 5.71 Å². The van der Waals surface area contributed by atoms with Crippen LogP contribution in [0.4, 0.5) is 0 Å². The summed E-state index contributed by atoms with van der Waals surface area (Å²) in [4.78, 5) is 4.57. The van der Waals surface area contributed by atoms with Gasteiger partial charge in [-0.1, -0.05) is 60.7 Å². The number of rotatable bonds is 6. The van der Waals surface area contributed by atoms with E-state index in [0.29, 0.717) is 0 Å². The van der Waals surface area contributed by atoms with E-state index >= 15 is 0 Å². The van der Waals surface area contributed by atoms with Crippen LogP contribution in [0.3, 0.4) is 0 Å². The smallest absolute Gasteiger partial charge is 0.181 e. The van der Waals surface area contributed by atoms with Gasteiger partial charge in [0.2, 0.25) is 0 Å². The number of benzene rings is 2. The van der Waals surface area contributed by atoms with Crippen molar-refractivity contribution in [3.05, 3.63) is 72.1 Å². The van der Waals surface area contributed by atoms with Crippen molar-refractivity contribution >= 4 is 11.4 Å². The monoisotopic (exact) mass is 329 g/mol. The second-order valence-electron chi connectivity index (χ2n) is 6.08. The highest BCUT2D eigenvalue weighted by molar-refractivity contribution is 6.15. The summed E-state index contributed by atoms with van der Waals surface area (Å²) in [5.74, 6) is 1.67. The van der Waals surface area contributed by atoms with E-state index in [2.05, 4.69) is 37.5 Å². The van der Waals surface area contributed by atoms with Gasteiger partial charge in [-0.25, -0.2) is 4.98 Å². The molecule has 124 valence electrons. The average Bonchev–Trinajstić information content (AvgIpc) is 3.33. The van der Waals surface area contributed by atoms with Crippen molar-refractivity contribution in [1.82, 2.24) is 15.2 Å². The molecular formula is C20H19N5. The van der Waals surface area contributed by atoms with Gasteiger partial charge in [0.25, 0.3) is 0 Å². The second-order valence-corrected chi connectivity index (χ2v) is 6.08. The summed E-state index contributed by atoms with van der Waals surface area (Å²) < 4.78 is 0. The first kappa shape index (κ1) is 15.4. The molecule has 1 aliphatic rings. The molecule has 3 aromatic rings. The second kappa shape index (κ2) is 7.21. The fraction of sp³-hybridized carbons (Fsp3) is 0.200. The SMILES string of the molecule is c1ccc(C2=NN=C(CCCc3nc(-c4ccccc4)n[nH]3)C2)cc1. The van der Waals surface area contributed by atoms with Crippen LogP contribution in [0.25, 0.3) is 11.4 Å². The van der Waals surface area contributed by atoms with E-state index in [-0.39, 0.29) is 0 Å². The van der Waals surface area contributed by atoms with Crippen molar-refractivity contribution in [1.29, 1.82) is 0 Å². The number of hydrogen-bond acceptors (Lipinski definition) is 4. The molecule has 0 saturated carbocycles. The topological polar surface area (TPSA) is 66.3 Å². The summed E-state index contributed by atoms with van der Waals surface area (Å²) in [6.07, 6.45) is 3.62. The molecule has 25 heavy (non-hydrogen) atoms. The molecule has 0 amide bonds. The lowest BCUT2D eigenvalue weighted by molar-refractivity contribution is 0.802. The lowest BCUT2D eigenvalue weighted by Crippen LogP contribution is -2.04. The van der Waals surface area contributed by atoms with Crippen molar-refractivity contribution in [3.63, 3.8) is 0 Å². The molecule has 5 nitrogen and oxygen atoms in total. The quantitative estimate of drug-likeness (QED) is 0.741. The first-order valence-electron chi connectivity index (χ1n) is 8.53. The number of H-pyrrole nitrogens is 1. The van der Waals surface area contributed by atoms with Gasteiger partial charge in [-0.2, -0.15) is 15.3 Å². The molecule has 0 atom stereocenters. The lowest BCUT2D eigenvalue weighted by atomic mass is 10.0. The van der Waals surface area contributed by atoms with Gasteiger partial charge in [-0.05, 0) is 18.4 Å². The van der Waals surface area contributed by atoms with Crippen molar-refractivity contribution in [2.75, 3.05) is 0 Å². The van der Waals surface area contributed by atoms with Gasteiger partial charge >= 0.3 is 0 Å². The van der Waals surface area contributed by atoms with Crippen LogP contribution in [-0.2, 0) is 6.42 Å². The molecule has 0 aliphatic carbocycles. The lowest BCUT2D eigenvalue weighted by Gasteiger charge is -2.01. The van der Waals surface area contributed by atoms with Crippen molar-refractivity contribution in [2.45, 2.75) is 25.7 Å². The molecule has 1 N–H and O–H groups in total. The average molecular weight is 329 g/mol. The number of aromatic nitrogens is 3. The van der Waals surface area contributed by atoms with Gasteiger partial charge in [-0.15, -0.1) is 0 Å². The first-order chi connectivity index (χ1) is 12.4. The molecule has 2 aromatic carbocycles. The highest BCUT2D eigenvalue weighted by atomic mass is 15.2. The van der Waals surface area contributed by atoms with Crippen molar-refractivity contribution in [2.24, 2.45) is 10.2 Å². The Balaban J connectivity index is 1.28. The molecule has 0 unspecified atom stereocenters. The standard InChI is InChI=1S/C20H19N5/c1-3-8-15(9-4-1)18-14-17(22-23-18)12-7-13-19-21-20(25-24-19)16-10-5-2-6-11-16/h1-6,8-11H,7,12-14H2,(H,21,24,25). The fourth-order valence-corrected chi connectivity index (χ4v) is 2.91. The van der Waals surface area contributed by atoms with E-state index in [1.165, 1.54) is 0 Å². The van der Waals surface area contributed by atoms with Gasteiger partial charge in [0.15, 0.2) is 5.82 Å². The summed E-state index contributed by atoms with van der Waals surface area (Å²) >= 11 is 0. The zero-order valence-corrected chi connectivity index (χ0v) is 13.9. The van der Waals surface area contributed by atoms with Crippen LogP contribution >= 0.6 is 0 Å². The Hall–Kier alpha value is -3.08. The first-order valence-corrected chi connectivity index (χ1v) is 8.53. The van der Waals surface area contributed by atoms with Gasteiger partial charge in [0, 0.05) is 24.1 Å². The van der Waals surface area contributed by atoms with E-state index in [1.54, 1.807) is 0 Å². The largest absolute Gasteiger partial charge is 0.263 e. The van der Waals surface area contributed by atoms with E-state index in [1.807, 2.05) is 48.5 Å². The highest BCUT2D eigenvalue weighted by Crippen LogP contribution is 2.16. The molecule has 0 fully saturated rings. The van der Waals surface area contributed by atoms with Crippen LogP contribution in [0.1, 0.15) is 30.7 Å². The summed E-state index contributed by atoms with van der Waals surface area (Å²) in [6, 6.07) is 20.3. The normalized spacial score (nSPS) is 13.6. The summed E-state index contributed by atoms with van der Waals surface area (Å²) in [5, 5.41) is 16.0. The Labute approximate surface area is 146 Å². The van der Waals surface area contributed by atoms with Crippen molar-refractivity contribution < 1.29 is 0 Å². The number of nitrogens with zero attached hydrogens (tertiary/aromatic N) is 4. The van der Waals surface area contributed by atoms with E-state index in [0.717, 1.165) is 59.9 Å². The number of aryl methyl sites for hydroxylation is 1. The van der Waals surface area contributed by atoms with Crippen LogP contribution in [0, 0.1) is 0 Å². The maximum atomic E-state index is 4.57. The van der Waals surface area contributed by atoms with Gasteiger partial charge < -0.3 is 0 Å². The maximum Gasteiger partial charge on any atom is 0.181 e. The van der Waals surface area contributed by atoms with Crippen LogP contribution in [-0.4, -0.2) is 26.6 Å². The molecule has 1 aromatic heterocycles. The molecule has 0 spiro atoms. The predicted molar refractivity (Wildman–Crippen MR) is 99.8 cm³/mol. The van der Waals surface area contributed by atoms with Gasteiger partial charge in [0.1, 0.15) is 5.82 Å². The van der Waals surface area contributed by atoms with Crippen LogP contribution in [0.5, 0.6) is 0 Å². The van der Waals surface area contributed by atoms with Crippen LogP contribution < -0.4 is 0 Å². The number of aromatic amines is 1. The third-order valence-corrected chi connectivity index (χ3v) is 4.23. The minimum atomic E-state index is 0.753. The highest BCUT2D eigenvalue weighted by Gasteiger charge is 2.14. The van der Waals surface area contributed by atoms with Crippen LogP contribution in [0.15, 0.2) is 70.9 Å². The minimum Gasteiger partial charge on any atom is -0.263 e. The predicted octanol–water partition coefficient (Wildman–Crippen LogP) is 4.04.